The van der Waals surface area contributed by atoms with Gasteiger partial charge in [-0.1, -0.05) is 13.8 Å². The smallest absolute Gasteiger partial charge is 0.249 e. The molecule has 4 fully saturated rings. The molecule has 3 heteroatoms. The first-order valence-corrected chi connectivity index (χ1v) is 6.33. The van der Waals surface area contributed by atoms with E-state index < -0.39 is 0 Å². The van der Waals surface area contributed by atoms with Gasteiger partial charge >= 0.3 is 0 Å². The topological polar surface area (TPSA) is 49.3 Å². The van der Waals surface area contributed by atoms with Crippen LogP contribution in [0.25, 0.3) is 0 Å². The lowest BCUT2D eigenvalue weighted by molar-refractivity contribution is -0.177. The zero-order chi connectivity index (χ0) is 11.6. The summed E-state index contributed by atoms with van der Waals surface area (Å²) in [6.45, 7) is 4.66. The van der Waals surface area contributed by atoms with E-state index in [1.54, 1.807) is 0 Å². The summed E-state index contributed by atoms with van der Waals surface area (Å²) in [6, 6.07) is 0. The van der Waals surface area contributed by atoms with Crippen LogP contribution in [-0.4, -0.2) is 11.1 Å². The Kier molecular flexibility index (Phi) is 1.86. The molecule has 4 bridgehead atoms. The molecule has 4 rings (SSSR count). The van der Waals surface area contributed by atoms with Crippen LogP contribution in [0.15, 0.2) is 0 Å². The van der Waals surface area contributed by atoms with E-state index in [0.717, 1.165) is 19.3 Å². The second-order valence-corrected chi connectivity index (χ2v) is 7.35. The molecule has 0 aliphatic heterocycles. The third-order valence-electron chi connectivity index (χ3n) is 5.21. The van der Waals surface area contributed by atoms with Gasteiger partial charge < -0.3 is 0 Å². The summed E-state index contributed by atoms with van der Waals surface area (Å²) < 4.78 is 0. The van der Waals surface area contributed by atoms with Crippen molar-refractivity contribution in [2.75, 3.05) is 0 Å². The number of hydrogen-bond donors (Lipinski definition) is 2. The number of carbonyl (C=O) groups excluding carboxylic acids is 1. The average molecular weight is 223 g/mol. The molecule has 16 heavy (non-hydrogen) atoms. The van der Waals surface area contributed by atoms with E-state index in [9.17, 15) is 4.79 Å². The molecular weight excluding hydrogens is 202 g/mol. The Morgan fingerprint density at radius 1 is 1.12 bits per heavy atom. The SMILES string of the molecule is C[C@]12CC3CC(C(=O)NO)(C1)C[C@](C)(C3)C2. The summed E-state index contributed by atoms with van der Waals surface area (Å²) in [5.41, 5.74) is 2.32. The predicted molar refractivity (Wildman–Crippen MR) is 59.8 cm³/mol. The number of carbonyl (C=O) groups is 1. The van der Waals surface area contributed by atoms with Crippen molar-refractivity contribution in [3.05, 3.63) is 0 Å². The molecular formula is C13H21NO2. The molecule has 0 saturated heterocycles. The first-order valence-electron chi connectivity index (χ1n) is 6.33. The highest BCUT2D eigenvalue weighted by molar-refractivity contribution is 5.82. The van der Waals surface area contributed by atoms with Gasteiger partial charge in [-0.3, -0.25) is 10.0 Å². The van der Waals surface area contributed by atoms with Gasteiger partial charge in [0.2, 0.25) is 5.91 Å². The van der Waals surface area contributed by atoms with E-state index in [2.05, 4.69) is 13.8 Å². The van der Waals surface area contributed by atoms with Crippen molar-refractivity contribution in [2.45, 2.75) is 52.4 Å². The van der Waals surface area contributed by atoms with E-state index in [1.807, 2.05) is 5.48 Å². The Bertz CT molecular complexity index is 334. The fourth-order valence-electron chi connectivity index (χ4n) is 5.82. The summed E-state index contributed by atoms with van der Waals surface area (Å²) in [4.78, 5) is 12.0. The quantitative estimate of drug-likeness (QED) is 0.530. The molecule has 0 aromatic heterocycles. The van der Waals surface area contributed by atoms with E-state index in [1.165, 1.54) is 19.3 Å². The lowest BCUT2D eigenvalue weighted by Gasteiger charge is -2.64. The molecule has 1 amide bonds. The number of rotatable bonds is 1. The van der Waals surface area contributed by atoms with Gasteiger partial charge in [-0.2, -0.15) is 0 Å². The van der Waals surface area contributed by atoms with Crippen molar-refractivity contribution in [2.24, 2.45) is 22.2 Å². The molecule has 2 N–H and O–H groups in total. The first-order chi connectivity index (χ1) is 7.39. The average Bonchev–Trinajstić information content (AvgIpc) is 2.10. The lowest BCUT2D eigenvalue weighted by atomic mass is 9.40. The monoisotopic (exact) mass is 223 g/mol. The second kappa shape index (κ2) is 2.81. The van der Waals surface area contributed by atoms with Gasteiger partial charge in [-0.05, 0) is 55.3 Å². The summed E-state index contributed by atoms with van der Waals surface area (Å²) in [6.07, 6.45) is 6.75. The highest BCUT2D eigenvalue weighted by Gasteiger charge is 2.62. The number of amides is 1. The Balaban J connectivity index is 2.01. The maximum Gasteiger partial charge on any atom is 0.249 e. The van der Waals surface area contributed by atoms with E-state index in [4.69, 9.17) is 5.21 Å². The fourth-order valence-corrected chi connectivity index (χ4v) is 5.82. The number of hydrogen-bond acceptors (Lipinski definition) is 2. The van der Waals surface area contributed by atoms with Gasteiger partial charge in [0.05, 0.1) is 5.41 Å². The van der Waals surface area contributed by atoms with Crippen molar-refractivity contribution < 1.29 is 10.0 Å². The highest BCUT2D eigenvalue weighted by atomic mass is 16.5. The zero-order valence-electron chi connectivity index (χ0n) is 10.2. The summed E-state index contributed by atoms with van der Waals surface area (Å²) in [5, 5.41) is 8.96. The van der Waals surface area contributed by atoms with Crippen LogP contribution < -0.4 is 5.48 Å². The van der Waals surface area contributed by atoms with Gasteiger partial charge in [0.1, 0.15) is 0 Å². The van der Waals surface area contributed by atoms with Gasteiger partial charge in [0.15, 0.2) is 0 Å². The van der Waals surface area contributed by atoms with Crippen molar-refractivity contribution >= 4 is 5.91 Å². The fraction of sp³-hybridized carbons (Fsp3) is 0.923. The van der Waals surface area contributed by atoms with Crippen LogP contribution >= 0.6 is 0 Å². The van der Waals surface area contributed by atoms with Crippen LogP contribution in [0.3, 0.4) is 0 Å². The van der Waals surface area contributed by atoms with Crippen molar-refractivity contribution in [1.82, 2.24) is 5.48 Å². The van der Waals surface area contributed by atoms with Gasteiger partial charge in [-0.25, -0.2) is 5.48 Å². The minimum absolute atomic E-state index is 0.131. The number of hydroxylamine groups is 1. The predicted octanol–water partition coefficient (Wildman–Crippen LogP) is 2.49. The summed E-state index contributed by atoms with van der Waals surface area (Å²) in [5.74, 6) is 0.567. The molecule has 0 spiro atoms. The van der Waals surface area contributed by atoms with Crippen LogP contribution in [0.5, 0.6) is 0 Å². The van der Waals surface area contributed by atoms with Crippen LogP contribution in [0, 0.1) is 22.2 Å². The minimum atomic E-state index is -0.266. The highest BCUT2D eigenvalue weighted by Crippen LogP contribution is 2.69. The lowest BCUT2D eigenvalue weighted by Crippen LogP contribution is -2.59. The maximum atomic E-state index is 12.0. The van der Waals surface area contributed by atoms with Gasteiger partial charge in [0.25, 0.3) is 0 Å². The Hall–Kier alpha value is -0.570. The molecule has 90 valence electrons. The standard InChI is InChI=1S/C13H21NO2/c1-11-3-9-4-12(2,6-11)8-13(5-9,7-11)10(15)14-16/h9,16H,3-8H2,1-2H3,(H,14,15)/t9?,11-,12-,13?/m1/s1. The van der Waals surface area contributed by atoms with Crippen molar-refractivity contribution in [3.63, 3.8) is 0 Å². The van der Waals surface area contributed by atoms with Crippen LogP contribution in [-0.2, 0) is 4.79 Å². The maximum absolute atomic E-state index is 12.0. The Morgan fingerprint density at radius 3 is 2.12 bits per heavy atom. The molecule has 0 unspecified atom stereocenters. The Labute approximate surface area is 96.6 Å². The molecule has 0 radical (unpaired) electrons. The van der Waals surface area contributed by atoms with Crippen LogP contribution in [0.4, 0.5) is 0 Å². The molecule has 4 aliphatic carbocycles. The van der Waals surface area contributed by atoms with Gasteiger partial charge in [-0.15, -0.1) is 0 Å². The third-order valence-corrected chi connectivity index (χ3v) is 5.21. The summed E-state index contributed by atoms with van der Waals surface area (Å²) in [7, 11) is 0. The van der Waals surface area contributed by atoms with Crippen molar-refractivity contribution in [3.8, 4) is 0 Å². The molecule has 0 aromatic carbocycles. The van der Waals surface area contributed by atoms with Crippen LogP contribution in [0.2, 0.25) is 0 Å². The van der Waals surface area contributed by atoms with Crippen molar-refractivity contribution in [1.29, 1.82) is 0 Å². The molecule has 0 heterocycles. The summed E-state index contributed by atoms with van der Waals surface area (Å²) >= 11 is 0. The Morgan fingerprint density at radius 2 is 1.69 bits per heavy atom. The number of nitrogens with one attached hydrogen (secondary N) is 1. The van der Waals surface area contributed by atoms with Crippen LogP contribution in [0.1, 0.15) is 52.4 Å². The van der Waals surface area contributed by atoms with E-state index in [0.29, 0.717) is 16.7 Å². The zero-order valence-corrected chi connectivity index (χ0v) is 10.2. The molecule has 3 nitrogen and oxygen atoms in total. The third kappa shape index (κ3) is 1.27. The first kappa shape index (κ1) is 10.6. The molecule has 4 saturated carbocycles. The largest absolute Gasteiger partial charge is 0.289 e. The minimum Gasteiger partial charge on any atom is -0.289 e. The molecule has 4 aliphatic rings. The van der Waals surface area contributed by atoms with E-state index in [-0.39, 0.29) is 11.3 Å². The van der Waals surface area contributed by atoms with Gasteiger partial charge in [0, 0.05) is 0 Å². The second-order valence-electron chi connectivity index (χ2n) is 7.35. The molecule has 0 aromatic rings. The van der Waals surface area contributed by atoms with E-state index >= 15 is 0 Å². The normalized spacial score (nSPS) is 54.1. The molecule has 2 atom stereocenters.